The van der Waals surface area contributed by atoms with Gasteiger partial charge in [-0.15, -0.1) is 0 Å². The zero-order valence-electron chi connectivity index (χ0n) is 25.1. The minimum Gasteiger partial charge on any atom is -0.456 e. The number of nitrogens with zero attached hydrogens (tertiary/aromatic N) is 1. The smallest absolute Gasteiger partial charge is 0.136 e. The van der Waals surface area contributed by atoms with Crippen LogP contribution in [0.1, 0.15) is 0 Å². The molecule has 0 N–H and O–H groups in total. The van der Waals surface area contributed by atoms with Crippen LogP contribution in [-0.2, 0) is 0 Å². The number of hydrogen-bond donors (Lipinski definition) is 0. The highest BCUT2D eigenvalue weighted by atomic mass is 16.3. The number of para-hydroxylation sites is 2. The molecule has 0 fully saturated rings. The number of furan rings is 1. The zero-order chi connectivity index (χ0) is 30.5. The van der Waals surface area contributed by atoms with E-state index in [4.69, 9.17) is 4.42 Å². The van der Waals surface area contributed by atoms with Crippen LogP contribution >= 0.6 is 0 Å². The summed E-state index contributed by atoms with van der Waals surface area (Å²) in [5.74, 6) is 0. The molecule has 0 radical (unpaired) electrons. The number of anilines is 3. The molecule has 0 bridgehead atoms. The van der Waals surface area contributed by atoms with Crippen LogP contribution in [0.4, 0.5) is 17.1 Å². The van der Waals surface area contributed by atoms with Crippen LogP contribution in [0.5, 0.6) is 0 Å². The lowest BCUT2D eigenvalue weighted by Gasteiger charge is -2.29. The first kappa shape index (κ1) is 26.3. The van der Waals surface area contributed by atoms with Crippen molar-refractivity contribution in [3.05, 3.63) is 176 Å². The Balaban J connectivity index is 1.30. The fourth-order valence-corrected chi connectivity index (χ4v) is 6.90. The normalized spacial score (nSPS) is 11.5. The fourth-order valence-electron chi connectivity index (χ4n) is 6.90. The highest BCUT2D eigenvalue weighted by molar-refractivity contribution is 6.14. The Labute approximate surface area is 267 Å². The second-order valence-electron chi connectivity index (χ2n) is 11.7. The van der Waals surface area contributed by atoms with Gasteiger partial charge in [0.25, 0.3) is 0 Å². The quantitative estimate of drug-likeness (QED) is 0.199. The van der Waals surface area contributed by atoms with Crippen molar-refractivity contribution in [3.63, 3.8) is 0 Å². The molecule has 0 spiro atoms. The SMILES string of the molecule is c1cc(-c2ccc3ccccc3c2)cc(N(c2ccccc2-c2cccc3oc4ccccc4c23)c2cccc3ccccc23)c1. The fraction of sp³-hybridized carbons (Fsp3) is 0. The van der Waals surface area contributed by atoms with Crippen LogP contribution in [0.15, 0.2) is 180 Å². The van der Waals surface area contributed by atoms with Crippen LogP contribution in [0.25, 0.3) is 65.7 Å². The van der Waals surface area contributed by atoms with Crippen molar-refractivity contribution in [1.29, 1.82) is 0 Å². The molecule has 0 unspecified atom stereocenters. The van der Waals surface area contributed by atoms with Gasteiger partial charge in [0.05, 0.1) is 11.4 Å². The molecular formula is C44H29NO. The molecular weight excluding hydrogens is 558 g/mol. The maximum absolute atomic E-state index is 6.32. The summed E-state index contributed by atoms with van der Waals surface area (Å²) in [6, 6.07) is 62.8. The number of benzene rings is 8. The molecule has 0 aliphatic heterocycles. The summed E-state index contributed by atoms with van der Waals surface area (Å²) >= 11 is 0. The first-order valence-electron chi connectivity index (χ1n) is 15.7. The number of hydrogen-bond acceptors (Lipinski definition) is 2. The van der Waals surface area contributed by atoms with E-state index in [0.717, 1.165) is 50.1 Å². The van der Waals surface area contributed by atoms with Gasteiger partial charge in [-0.3, -0.25) is 0 Å². The van der Waals surface area contributed by atoms with Crippen molar-refractivity contribution >= 4 is 60.5 Å². The predicted molar refractivity (Wildman–Crippen MR) is 194 cm³/mol. The predicted octanol–water partition coefficient (Wildman–Crippen LogP) is 12.7. The molecule has 1 heterocycles. The Bertz CT molecular complexity index is 2550. The third kappa shape index (κ3) is 4.35. The Kier molecular flexibility index (Phi) is 6.17. The van der Waals surface area contributed by atoms with Crippen LogP contribution in [-0.4, -0.2) is 0 Å². The molecule has 0 aliphatic carbocycles. The molecule has 216 valence electrons. The Hall–Kier alpha value is -6.12. The summed E-state index contributed by atoms with van der Waals surface area (Å²) in [5, 5.41) is 7.14. The van der Waals surface area contributed by atoms with Gasteiger partial charge in [0.2, 0.25) is 0 Å². The van der Waals surface area contributed by atoms with Crippen molar-refractivity contribution in [2.75, 3.05) is 4.90 Å². The van der Waals surface area contributed by atoms with Gasteiger partial charge in [-0.2, -0.15) is 0 Å². The van der Waals surface area contributed by atoms with E-state index in [1.807, 2.05) is 12.1 Å². The van der Waals surface area contributed by atoms with Gasteiger partial charge >= 0.3 is 0 Å². The standard InChI is InChI=1S/C44H29NO/c1-2-14-32-28-34(27-26-30(32)12-1)33-16-9-17-35(29-33)45(40-23-10-15-31-13-3-4-18-36(31)40)41-22-7-5-19-37(41)38-21-11-25-43-44(38)39-20-6-8-24-42(39)46-43/h1-29H. The van der Waals surface area contributed by atoms with Gasteiger partial charge in [-0.05, 0) is 75.3 Å². The second kappa shape index (κ2) is 10.8. The van der Waals surface area contributed by atoms with E-state index in [1.54, 1.807) is 0 Å². The molecule has 1 aromatic heterocycles. The van der Waals surface area contributed by atoms with E-state index < -0.39 is 0 Å². The van der Waals surface area contributed by atoms with Gasteiger partial charge in [0.15, 0.2) is 0 Å². The van der Waals surface area contributed by atoms with E-state index in [9.17, 15) is 0 Å². The van der Waals surface area contributed by atoms with E-state index in [0.29, 0.717) is 0 Å². The lowest BCUT2D eigenvalue weighted by Crippen LogP contribution is -2.12. The second-order valence-corrected chi connectivity index (χ2v) is 11.7. The summed E-state index contributed by atoms with van der Waals surface area (Å²) < 4.78 is 6.32. The molecule has 0 saturated heterocycles. The average molecular weight is 588 g/mol. The molecule has 2 nitrogen and oxygen atoms in total. The largest absolute Gasteiger partial charge is 0.456 e. The first-order valence-corrected chi connectivity index (χ1v) is 15.7. The molecule has 9 aromatic rings. The van der Waals surface area contributed by atoms with Gasteiger partial charge in [0, 0.05) is 27.4 Å². The summed E-state index contributed by atoms with van der Waals surface area (Å²) in [7, 11) is 0. The van der Waals surface area contributed by atoms with Crippen molar-refractivity contribution in [3.8, 4) is 22.3 Å². The molecule has 46 heavy (non-hydrogen) atoms. The van der Waals surface area contributed by atoms with E-state index in [1.165, 1.54) is 32.7 Å². The summed E-state index contributed by atoms with van der Waals surface area (Å²) in [6.45, 7) is 0. The Morgan fingerprint density at radius 2 is 1.00 bits per heavy atom. The molecule has 0 saturated carbocycles. The lowest BCUT2D eigenvalue weighted by molar-refractivity contribution is 0.669. The maximum atomic E-state index is 6.32. The zero-order valence-corrected chi connectivity index (χ0v) is 25.1. The maximum Gasteiger partial charge on any atom is 0.136 e. The summed E-state index contributed by atoms with van der Waals surface area (Å²) in [5.41, 5.74) is 9.78. The third-order valence-electron chi connectivity index (χ3n) is 9.03. The first-order chi connectivity index (χ1) is 22.8. The summed E-state index contributed by atoms with van der Waals surface area (Å²) in [6.07, 6.45) is 0. The van der Waals surface area contributed by atoms with Gasteiger partial charge in [0.1, 0.15) is 11.2 Å². The minimum absolute atomic E-state index is 0.892. The average Bonchev–Trinajstić information content (AvgIpc) is 3.51. The minimum atomic E-state index is 0.892. The highest BCUT2D eigenvalue weighted by Gasteiger charge is 2.21. The van der Waals surface area contributed by atoms with Gasteiger partial charge < -0.3 is 9.32 Å². The van der Waals surface area contributed by atoms with Crippen molar-refractivity contribution < 1.29 is 4.42 Å². The molecule has 0 atom stereocenters. The molecule has 0 aliphatic rings. The van der Waals surface area contributed by atoms with Crippen molar-refractivity contribution in [1.82, 2.24) is 0 Å². The van der Waals surface area contributed by atoms with Gasteiger partial charge in [-0.1, -0.05) is 133 Å². The van der Waals surface area contributed by atoms with Crippen LogP contribution < -0.4 is 4.90 Å². The van der Waals surface area contributed by atoms with Crippen molar-refractivity contribution in [2.45, 2.75) is 0 Å². The number of rotatable bonds is 5. The van der Waals surface area contributed by atoms with E-state index in [2.05, 4.69) is 169 Å². The summed E-state index contributed by atoms with van der Waals surface area (Å²) in [4.78, 5) is 2.42. The molecule has 0 amide bonds. The Morgan fingerprint density at radius 1 is 0.370 bits per heavy atom. The van der Waals surface area contributed by atoms with Crippen LogP contribution in [0.2, 0.25) is 0 Å². The molecule has 2 heteroatoms. The van der Waals surface area contributed by atoms with E-state index >= 15 is 0 Å². The van der Waals surface area contributed by atoms with Crippen LogP contribution in [0.3, 0.4) is 0 Å². The highest BCUT2D eigenvalue weighted by Crippen LogP contribution is 2.46. The number of fused-ring (bicyclic) bond motifs is 5. The lowest BCUT2D eigenvalue weighted by atomic mass is 9.96. The third-order valence-corrected chi connectivity index (χ3v) is 9.03. The van der Waals surface area contributed by atoms with E-state index in [-0.39, 0.29) is 0 Å². The molecule has 8 aromatic carbocycles. The monoisotopic (exact) mass is 587 g/mol. The molecule has 9 rings (SSSR count). The van der Waals surface area contributed by atoms with Gasteiger partial charge in [-0.25, -0.2) is 0 Å². The Morgan fingerprint density at radius 3 is 1.93 bits per heavy atom. The topological polar surface area (TPSA) is 16.4 Å². The van der Waals surface area contributed by atoms with Crippen molar-refractivity contribution in [2.24, 2.45) is 0 Å². The van der Waals surface area contributed by atoms with Crippen LogP contribution in [0, 0.1) is 0 Å².